The van der Waals surface area contributed by atoms with Crippen molar-refractivity contribution >= 4 is 26.9 Å². The number of aliphatic hydroxyl groups excluding tert-OH is 2. The maximum absolute atomic E-state index is 13.0. The van der Waals surface area contributed by atoms with E-state index >= 15 is 0 Å². The molecule has 2 aromatic rings. The molecule has 1 aromatic carbocycles. The van der Waals surface area contributed by atoms with Crippen molar-refractivity contribution in [3.05, 3.63) is 41.7 Å². The second-order valence-electron chi connectivity index (χ2n) is 7.64. The lowest BCUT2D eigenvalue weighted by molar-refractivity contribution is -0.144. The van der Waals surface area contributed by atoms with Gasteiger partial charge < -0.3 is 19.5 Å². The molecule has 0 saturated heterocycles. The summed E-state index contributed by atoms with van der Waals surface area (Å²) in [5.74, 6) is -0.327. The first-order valence-electron chi connectivity index (χ1n) is 8.97. The molecule has 1 aromatic heterocycles. The Balaban J connectivity index is 1.48. The largest absolute Gasteiger partial charge is 0.464 e. The summed E-state index contributed by atoms with van der Waals surface area (Å²) in [5.41, 5.74) is 1.20. The Morgan fingerprint density at radius 1 is 1.11 bits per heavy atom. The normalized spacial score (nSPS) is 18.3. The fourth-order valence-electron chi connectivity index (χ4n) is 3.68. The summed E-state index contributed by atoms with van der Waals surface area (Å²) in [4.78, 5) is 14.4. The number of fused-ring (bicyclic) bond motifs is 1. The van der Waals surface area contributed by atoms with Gasteiger partial charge in [-0.05, 0) is 42.3 Å². The van der Waals surface area contributed by atoms with Crippen molar-refractivity contribution in [2.24, 2.45) is 5.41 Å². The van der Waals surface area contributed by atoms with Crippen molar-refractivity contribution in [2.75, 3.05) is 39.4 Å². The van der Waals surface area contributed by atoms with E-state index in [1.165, 1.54) is 23.6 Å². The zero-order valence-corrected chi connectivity index (χ0v) is 16.3. The van der Waals surface area contributed by atoms with Crippen LogP contribution in [0.25, 0.3) is 11.0 Å². The molecule has 2 aliphatic rings. The predicted octanol–water partition coefficient (Wildman–Crippen LogP) is 0.567. The van der Waals surface area contributed by atoms with Crippen LogP contribution in [0.1, 0.15) is 6.92 Å². The fourth-order valence-corrected chi connectivity index (χ4v) is 5.15. The Morgan fingerprint density at radius 2 is 1.75 bits per heavy atom. The minimum Gasteiger partial charge on any atom is -0.464 e. The molecule has 150 valence electrons. The molecule has 0 radical (unpaired) electrons. The quantitative estimate of drug-likeness (QED) is 0.702. The zero-order valence-electron chi connectivity index (χ0n) is 15.5. The van der Waals surface area contributed by atoms with Gasteiger partial charge in [0.25, 0.3) is 0 Å². The van der Waals surface area contributed by atoms with Crippen LogP contribution >= 0.6 is 0 Å². The van der Waals surface area contributed by atoms with E-state index in [4.69, 9.17) is 4.42 Å². The van der Waals surface area contributed by atoms with Crippen molar-refractivity contribution in [1.82, 2.24) is 9.21 Å². The number of amides is 1. The van der Waals surface area contributed by atoms with Crippen LogP contribution in [0.5, 0.6) is 0 Å². The third-order valence-corrected chi connectivity index (χ3v) is 7.35. The highest BCUT2D eigenvalue weighted by molar-refractivity contribution is 7.89. The van der Waals surface area contributed by atoms with Gasteiger partial charge in [0, 0.05) is 31.6 Å². The number of aliphatic hydroxyl groups is 2. The molecule has 0 unspecified atom stereocenters. The highest BCUT2D eigenvalue weighted by Crippen LogP contribution is 2.32. The molecule has 3 heterocycles. The first-order valence-corrected chi connectivity index (χ1v) is 10.4. The molecule has 9 heteroatoms. The van der Waals surface area contributed by atoms with Gasteiger partial charge in [0.15, 0.2) is 0 Å². The maximum atomic E-state index is 13.0. The third kappa shape index (κ3) is 2.95. The maximum Gasteiger partial charge on any atom is 0.243 e. The van der Waals surface area contributed by atoms with E-state index in [2.05, 4.69) is 0 Å². The molecule has 2 N–H and O–H groups in total. The molecule has 28 heavy (non-hydrogen) atoms. The number of furan rings is 1. The second-order valence-corrected chi connectivity index (χ2v) is 9.58. The SMILES string of the molecule is CC(CO)(CO)C(=O)N1CC2=C(C1)CN(S(=O)(=O)c1ccc3occc3c1)C2. The summed E-state index contributed by atoms with van der Waals surface area (Å²) in [6, 6.07) is 6.50. The Bertz CT molecular complexity index is 1050. The van der Waals surface area contributed by atoms with Gasteiger partial charge in [-0.25, -0.2) is 8.42 Å². The zero-order chi connectivity index (χ0) is 20.1. The standard InChI is InChI=1S/C19H22N2O6S/c1-19(11-22,12-23)18(24)20-7-14-9-21(10-15(14)8-20)28(25,26)16-2-3-17-13(6-16)4-5-27-17/h2-6,22-23H,7-12H2,1H3. The lowest BCUT2D eigenvalue weighted by Crippen LogP contribution is -2.47. The average Bonchev–Trinajstić information content (AvgIpc) is 3.40. The van der Waals surface area contributed by atoms with Gasteiger partial charge in [0.1, 0.15) is 5.58 Å². The van der Waals surface area contributed by atoms with Crippen LogP contribution in [-0.4, -0.2) is 73.1 Å². The van der Waals surface area contributed by atoms with E-state index in [-0.39, 0.29) is 23.9 Å². The molecule has 0 spiro atoms. The summed E-state index contributed by atoms with van der Waals surface area (Å²) in [6.07, 6.45) is 1.52. The monoisotopic (exact) mass is 406 g/mol. The molecule has 0 saturated carbocycles. The molecule has 0 fully saturated rings. The molecular formula is C19H22N2O6S. The van der Waals surface area contributed by atoms with E-state index in [0.29, 0.717) is 18.7 Å². The molecule has 1 amide bonds. The van der Waals surface area contributed by atoms with Crippen LogP contribution in [0, 0.1) is 5.41 Å². The Labute approximate surface area is 162 Å². The molecular weight excluding hydrogens is 384 g/mol. The van der Waals surface area contributed by atoms with Gasteiger partial charge in [-0.3, -0.25) is 4.79 Å². The van der Waals surface area contributed by atoms with Crippen LogP contribution < -0.4 is 0 Å². The van der Waals surface area contributed by atoms with Crippen molar-refractivity contribution in [3.63, 3.8) is 0 Å². The van der Waals surface area contributed by atoms with E-state index < -0.39 is 28.7 Å². The molecule has 8 nitrogen and oxygen atoms in total. The number of nitrogens with zero attached hydrogens (tertiary/aromatic N) is 2. The molecule has 0 bridgehead atoms. The van der Waals surface area contributed by atoms with E-state index in [1.807, 2.05) is 0 Å². The van der Waals surface area contributed by atoms with Crippen LogP contribution in [0.2, 0.25) is 0 Å². The summed E-state index contributed by atoms with van der Waals surface area (Å²) < 4.78 is 32.7. The van der Waals surface area contributed by atoms with Crippen LogP contribution in [-0.2, 0) is 14.8 Å². The summed E-state index contributed by atoms with van der Waals surface area (Å²) >= 11 is 0. The van der Waals surface area contributed by atoms with Crippen molar-refractivity contribution < 1.29 is 27.8 Å². The van der Waals surface area contributed by atoms with Crippen molar-refractivity contribution in [3.8, 4) is 0 Å². The summed E-state index contributed by atoms with van der Waals surface area (Å²) in [5, 5.41) is 19.6. The lowest BCUT2D eigenvalue weighted by Gasteiger charge is -2.30. The first-order chi connectivity index (χ1) is 13.3. The number of carbonyl (C=O) groups is 1. The van der Waals surface area contributed by atoms with E-state index in [1.54, 1.807) is 23.1 Å². The lowest BCUT2D eigenvalue weighted by atomic mass is 9.91. The smallest absolute Gasteiger partial charge is 0.243 e. The second kappa shape index (κ2) is 6.70. The first kappa shape index (κ1) is 19.1. The Hall–Kier alpha value is -2.20. The van der Waals surface area contributed by atoms with Crippen LogP contribution in [0.4, 0.5) is 0 Å². The number of hydrogen-bond acceptors (Lipinski definition) is 6. The number of benzene rings is 1. The van der Waals surface area contributed by atoms with Gasteiger partial charge in [-0.1, -0.05) is 0 Å². The number of carbonyl (C=O) groups excluding carboxylic acids is 1. The topological polar surface area (TPSA) is 111 Å². The predicted molar refractivity (Wildman–Crippen MR) is 101 cm³/mol. The molecule has 0 aliphatic carbocycles. The summed E-state index contributed by atoms with van der Waals surface area (Å²) in [6.45, 7) is 1.73. The van der Waals surface area contributed by atoms with Crippen LogP contribution in [0.15, 0.2) is 51.0 Å². The minimum atomic E-state index is -3.66. The van der Waals surface area contributed by atoms with E-state index in [9.17, 15) is 23.4 Å². The van der Waals surface area contributed by atoms with Gasteiger partial charge in [-0.2, -0.15) is 4.31 Å². The third-order valence-electron chi connectivity index (χ3n) is 5.56. The Morgan fingerprint density at radius 3 is 2.36 bits per heavy atom. The summed E-state index contributed by atoms with van der Waals surface area (Å²) in [7, 11) is -3.66. The van der Waals surface area contributed by atoms with Gasteiger partial charge in [0.05, 0.1) is 29.8 Å². The van der Waals surface area contributed by atoms with Gasteiger partial charge >= 0.3 is 0 Å². The number of hydrogen-bond donors (Lipinski definition) is 2. The molecule has 4 rings (SSSR count). The minimum absolute atomic E-state index is 0.212. The molecule has 2 aliphatic heterocycles. The number of rotatable bonds is 5. The van der Waals surface area contributed by atoms with Gasteiger partial charge in [0.2, 0.25) is 15.9 Å². The van der Waals surface area contributed by atoms with Crippen LogP contribution in [0.3, 0.4) is 0 Å². The fraction of sp³-hybridized carbons (Fsp3) is 0.421. The highest BCUT2D eigenvalue weighted by atomic mass is 32.2. The Kier molecular flexibility index (Phi) is 4.58. The van der Waals surface area contributed by atoms with Crippen molar-refractivity contribution in [1.29, 1.82) is 0 Å². The average molecular weight is 406 g/mol. The highest BCUT2D eigenvalue weighted by Gasteiger charge is 2.42. The van der Waals surface area contributed by atoms with E-state index in [0.717, 1.165) is 16.5 Å². The van der Waals surface area contributed by atoms with Crippen molar-refractivity contribution in [2.45, 2.75) is 11.8 Å². The number of sulfonamides is 1. The van der Waals surface area contributed by atoms with Gasteiger partial charge in [-0.15, -0.1) is 0 Å². The molecule has 0 atom stereocenters.